The minimum absolute atomic E-state index is 0.0348. The molecule has 0 aromatic heterocycles. The molecule has 0 spiro atoms. The maximum absolute atomic E-state index is 12.9. The Kier molecular flexibility index (Phi) is 42.5. The molecule has 12 nitrogen and oxygen atoms in total. The summed E-state index contributed by atoms with van der Waals surface area (Å²) in [4.78, 5) is 12.9. The zero-order chi connectivity index (χ0) is 48.2. The second-order valence-electron chi connectivity index (χ2n) is 18.8. The van der Waals surface area contributed by atoms with Gasteiger partial charge in [-0.15, -0.1) is 0 Å². The van der Waals surface area contributed by atoms with Crippen molar-refractivity contribution in [1.29, 1.82) is 0 Å². The number of carbonyl (C=O) groups is 1. The molecule has 1 aliphatic heterocycles. The minimum Gasteiger partial charge on any atom is -0.457 e. The largest absolute Gasteiger partial charge is 0.457 e. The quantitative estimate of drug-likeness (QED) is 0.0197. The molecule has 0 aromatic rings. The van der Waals surface area contributed by atoms with Crippen molar-refractivity contribution in [3.8, 4) is 0 Å². The van der Waals surface area contributed by atoms with E-state index >= 15 is 0 Å². The first kappa shape index (κ1) is 62.6. The van der Waals surface area contributed by atoms with Crippen molar-refractivity contribution in [3.63, 3.8) is 0 Å². The van der Waals surface area contributed by atoms with Crippen LogP contribution < -0.4 is 0 Å². The Morgan fingerprint density at radius 1 is 0.576 bits per heavy atom. The Morgan fingerprint density at radius 2 is 1.00 bits per heavy atom. The van der Waals surface area contributed by atoms with E-state index in [1.54, 1.807) is 0 Å². The number of ether oxygens (including phenoxy) is 4. The molecule has 0 amide bonds. The van der Waals surface area contributed by atoms with Crippen LogP contribution in [-0.4, -0.2) is 97.5 Å². The van der Waals surface area contributed by atoms with Gasteiger partial charge in [-0.25, -0.2) is 4.18 Å². The van der Waals surface area contributed by atoms with Crippen molar-refractivity contribution >= 4 is 16.4 Å². The minimum atomic E-state index is -5.06. The van der Waals surface area contributed by atoms with Crippen LogP contribution in [-0.2, 0) is 38.3 Å². The van der Waals surface area contributed by atoms with Gasteiger partial charge in [0.25, 0.3) is 0 Å². The van der Waals surface area contributed by atoms with E-state index in [2.05, 4.69) is 42.3 Å². The van der Waals surface area contributed by atoms with Gasteiger partial charge in [-0.1, -0.05) is 218 Å². The summed E-state index contributed by atoms with van der Waals surface area (Å²) in [7, 11) is -5.06. The van der Waals surface area contributed by atoms with Gasteiger partial charge in [0, 0.05) is 13.0 Å². The molecule has 1 fully saturated rings. The van der Waals surface area contributed by atoms with Crippen LogP contribution >= 0.6 is 0 Å². The fraction of sp³-hybridized carbons (Fsp3) is 0.906. The van der Waals surface area contributed by atoms with Crippen LogP contribution in [0.3, 0.4) is 0 Å². The Labute approximate surface area is 403 Å². The summed E-state index contributed by atoms with van der Waals surface area (Å²) >= 11 is 0. The Bertz CT molecular complexity index is 1250. The van der Waals surface area contributed by atoms with E-state index in [1.807, 2.05) is 0 Å². The number of hydrogen-bond donors (Lipinski definition) is 4. The first-order chi connectivity index (χ1) is 32.1. The van der Waals surface area contributed by atoms with Gasteiger partial charge in [-0.3, -0.25) is 9.35 Å². The normalized spacial score (nSPS) is 19.6. The van der Waals surface area contributed by atoms with Gasteiger partial charge in [-0.2, -0.15) is 8.42 Å². The highest BCUT2D eigenvalue weighted by Crippen LogP contribution is 2.26. The molecule has 390 valence electrons. The predicted molar refractivity (Wildman–Crippen MR) is 267 cm³/mol. The molecule has 66 heavy (non-hydrogen) atoms. The molecular formula is C53H100O12S. The van der Waals surface area contributed by atoms with Gasteiger partial charge in [-0.05, 0) is 44.9 Å². The maximum atomic E-state index is 12.9. The number of carbonyl (C=O) groups excluding carboxylic acids is 1. The lowest BCUT2D eigenvalue weighted by Gasteiger charge is -2.41. The molecule has 1 heterocycles. The molecule has 0 radical (unpaired) electrons. The summed E-state index contributed by atoms with van der Waals surface area (Å²) in [6.45, 7) is 3.99. The number of rotatable bonds is 48. The van der Waals surface area contributed by atoms with Crippen LogP contribution in [0.4, 0.5) is 0 Å². The first-order valence-electron chi connectivity index (χ1n) is 27.1. The molecular weight excluding hydrogens is 861 g/mol. The van der Waals surface area contributed by atoms with Gasteiger partial charge in [0.1, 0.15) is 30.5 Å². The number of unbranched alkanes of at least 4 members (excludes halogenated alkanes) is 31. The lowest BCUT2D eigenvalue weighted by molar-refractivity contribution is -0.301. The molecule has 0 bridgehead atoms. The smallest absolute Gasteiger partial charge is 0.397 e. The van der Waals surface area contributed by atoms with Gasteiger partial charge < -0.3 is 34.3 Å². The summed E-state index contributed by atoms with van der Waals surface area (Å²) in [6, 6.07) is 0. The van der Waals surface area contributed by atoms with E-state index in [0.29, 0.717) is 13.0 Å². The molecule has 1 aliphatic rings. The third-order valence-electron chi connectivity index (χ3n) is 12.6. The Balaban J connectivity index is 2.29. The molecule has 13 heteroatoms. The second kappa shape index (κ2) is 44.8. The number of aliphatic hydroxyl groups is 3. The summed E-state index contributed by atoms with van der Waals surface area (Å²) in [6.07, 6.45) is 43.6. The van der Waals surface area contributed by atoms with Crippen LogP contribution in [0.15, 0.2) is 24.3 Å². The van der Waals surface area contributed by atoms with E-state index in [4.69, 9.17) is 18.9 Å². The molecule has 0 aliphatic carbocycles. The van der Waals surface area contributed by atoms with Gasteiger partial charge in [0.05, 0.1) is 19.8 Å². The van der Waals surface area contributed by atoms with Crippen molar-refractivity contribution in [2.24, 2.45) is 0 Å². The molecule has 6 atom stereocenters. The zero-order valence-corrected chi connectivity index (χ0v) is 42.8. The molecule has 1 rings (SSSR count). The van der Waals surface area contributed by atoms with Gasteiger partial charge in [0.15, 0.2) is 6.29 Å². The Morgan fingerprint density at radius 3 is 1.47 bits per heavy atom. The van der Waals surface area contributed by atoms with E-state index in [-0.39, 0.29) is 19.6 Å². The highest BCUT2D eigenvalue weighted by atomic mass is 32.3. The van der Waals surface area contributed by atoms with E-state index < -0.39 is 59.8 Å². The van der Waals surface area contributed by atoms with Crippen molar-refractivity contribution in [2.45, 2.75) is 282 Å². The topological polar surface area (TPSA) is 178 Å². The third-order valence-corrected chi connectivity index (χ3v) is 13.0. The zero-order valence-electron chi connectivity index (χ0n) is 42.0. The SMILES string of the molecule is CCCCC/C=C\C/C=C\CCCCCCCC(=O)OC(COCCCCCCCCCCCCCCCCCCCCCCCCCC)COC1OC(CO)C(O)C(OS(=O)(=O)O)C1O. The lowest BCUT2D eigenvalue weighted by atomic mass is 9.99. The van der Waals surface area contributed by atoms with Crippen molar-refractivity contribution in [3.05, 3.63) is 24.3 Å². The number of hydrogen-bond acceptors (Lipinski definition) is 11. The van der Waals surface area contributed by atoms with Gasteiger partial charge in [0.2, 0.25) is 0 Å². The summed E-state index contributed by atoms with van der Waals surface area (Å²) in [5.41, 5.74) is 0. The fourth-order valence-corrected chi connectivity index (χ4v) is 8.98. The van der Waals surface area contributed by atoms with Gasteiger partial charge >= 0.3 is 16.4 Å². The van der Waals surface area contributed by atoms with Crippen LogP contribution in [0.1, 0.15) is 245 Å². The predicted octanol–water partition coefficient (Wildman–Crippen LogP) is 12.8. The second-order valence-corrected chi connectivity index (χ2v) is 19.9. The molecule has 4 N–H and O–H groups in total. The highest BCUT2D eigenvalue weighted by molar-refractivity contribution is 7.80. The Hall–Kier alpha value is -1.42. The maximum Gasteiger partial charge on any atom is 0.397 e. The average Bonchev–Trinajstić information content (AvgIpc) is 3.29. The first-order valence-corrected chi connectivity index (χ1v) is 28.5. The highest BCUT2D eigenvalue weighted by Gasteiger charge is 2.48. The van der Waals surface area contributed by atoms with Crippen LogP contribution in [0.2, 0.25) is 0 Å². The fourth-order valence-electron chi connectivity index (χ4n) is 8.47. The summed E-state index contributed by atoms with van der Waals surface area (Å²) < 4.78 is 59.3. The van der Waals surface area contributed by atoms with E-state index in [1.165, 1.54) is 154 Å². The van der Waals surface area contributed by atoms with Crippen LogP contribution in [0.5, 0.6) is 0 Å². The average molecular weight is 961 g/mol. The molecule has 6 unspecified atom stereocenters. The summed E-state index contributed by atoms with van der Waals surface area (Å²) in [5.74, 6) is -0.408. The van der Waals surface area contributed by atoms with Crippen LogP contribution in [0.25, 0.3) is 0 Å². The molecule has 0 saturated carbocycles. The lowest BCUT2D eigenvalue weighted by Crippen LogP contribution is -2.60. The number of aliphatic hydroxyl groups excluding tert-OH is 3. The monoisotopic (exact) mass is 961 g/mol. The molecule has 0 aromatic carbocycles. The van der Waals surface area contributed by atoms with Crippen molar-refractivity contribution in [2.75, 3.05) is 26.4 Å². The summed E-state index contributed by atoms with van der Waals surface area (Å²) in [5, 5.41) is 30.8. The number of esters is 1. The van der Waals surface area contributed by atoms with Crippen molar-refractivity contribution < 1.29 is 56.2 Å². The van der Waals surface area contributed by atoms with E-state index in [0.717, 1.165) is 64.2 Å². The van der Waals surface area contributed by atoms with Crippen LogP contribution in [0, 0.1) is 0 Å². The standard InChI is InChI=1S/C53H100O12S/c1-3-5-7-9-11-13-15-17-19-20-21-22-23-24-25-26-27-29-31-33-35-37-39-41-43-61-45-47(46-62-53-51(57)52(65-66(58,59)60)50(56)48(44-54)64-53)63-49(55)42-40-38-36-34-32-30-28-18-16-14-12-10-8-6-4-2/h12,14,18,28,47-48,50-54,56-57H,3-11,13,15-17,19-27,29-46H2,1-2H3,(H,58,59,60)/b14-12-,28-18-. The molecule has 1 saturated heterocycles. The number of allylic oxidation sites excluding steroid dienone is 4. The third kappa shape index (κ3) is 37.5. The van der Waals surface area contributed by atoms with Crippen molar-refractivity contribution in [1.82, 2.24) is 0 Å². The van der Waals surface area contributed by atoms with E-state index in [9.17, 15) is 33.1 Å².